The van der Waals surface area contributed by atoms with Gasteiger partial charge in [0.05, 0.1) is 13.0 Å². The molecule has 0 fully saturated rings. The van der Waals surface area contributed by atoms with Gasteiger partial charge in [-0.15, -0.1) is 0 Å². The number of ketones is 1. The van der Waals surface area contributed by atoms with E-state index in [1.807, 2.05) is 24.3 Å². The lowest BCUT2D eigenvalue weighted by Crippen LogP contribution is -2.26. The van der Waals surface area contributed by atoms with Crippen LogP contribution in [0.2, 0.25) is 0 Å². The molecule has 3 rings (SSSR count). The van der Waals surface area contributed by atoms with Gasteiger partial charge in [0.25, 0.3) is 0 Å². The van der Waals surface area contributed by atoms with Crippen LogP contribution in [0.3, 0.4) is 0 Å². The third-order valence-electron chi connectivity index (χ3n) is 3.49. The minimum absolute atomic E-state index is 0.0490. The van der Waals surface area contributed by atoms with Gasteiger partial charge in [0.1, 0.15) is 29.4 Å². The zero-order chi connectivity index (χ0) is 14.1. The van der Waals surface area contributed by atoms with Crippen molar-refractivity contribution < 1.29 is 19.4 Å². The Hall–Kier alpha value is -2.49. The van der Waals surface area contributed by atoms with Gasteiger partial charge in [-0.25, -0.2) is 0 Å². The lowest BCUT2D eigenvalue weighted by atomic mass is 9.88. The first kappa shape index (κ1) is 12.5. The van der Waals surface area contributed by atoms with Crippen molar-refractivity contribution in [3.63, 3.8) is 0 Å². The first-order valence-corrected chi connectivity index (χ1v) is 6.34. The number of carbonyl (C=O) groups excluding carboxylic acids is 1. The largest absolute Gasteiger partial charge is 0.507 e. The highest BCUT2D eigenvalue weighted by molar-refractivity contribution is 6.06. The summed E-state index contributed by atoms with van der Waals surface area (Å²) in [7, 11) is 1.57. The second kappa shape index (κ2) is 4.89. The molecule has 4 heteroatoms. The van der Waals surface area contributed by atoms with Crippen LogP contribution in [-0.2, 0) is 0 Å². The molecule has 0 spiro atoms. The van der Waals surface area contributed by atoms with Gasteiger partial charge < -0.3 is 14.6 Å². The van der Waals surface area contributed by atoms with Gasteiger partial charge in [0.2, 0.25) is 0 Å². The molecular formula is C16H14O4. The van der Waals surface area contributed by atoms with Crippen LogP contribution in [0, 0.1) is 0 Å². The monoisotopic (exact) mass is 270 g/mol. The molecule has 0 saturated heterocycles. The molecule has 1 heterocycles. The fourth-order valence-corrected chi connectivity index (χ4v) is 2.50. The van der Waals surface area contributed by atoms with Gasteiger partial charge in [0, 0.05) is 5.56 Å². The van der Waals surface area contributed by atoms with E-state index in [0.717, 1.165) is 5.56 Å². The standard InChI is InChI=1S/C16H14O4/c1-19-13-7-3-2-5-10(13)11-9-20-14-8-4-6-12(17)15(14)16(11)18/h2-8,11,17H,9H2,1H3. The van der Waals surface area contributed by atoms with Gasteiger partial charge in [-0.2, -0.15) is 0 Å². The van der Waals surface area contributed by atoms with E-state index in [-0.39, 0.29) is 23.7 Å². The number of rotatable bonds is 2. The van der Waals surface area contributed by atoms with Crippen molar-refractivity contribution in [3.8, 4) is 17.2 Å². The number of Topliss-reactive ketones (excluding diaryl/α,β-unsaturated/α-hetero) is 1. The molecule has 1 aliphatic heterocycles. The average molecular weight is 270 g/mol. The Morgan fingerprint density at radius 1 is 1.20 bits per heavy atom. The van der Waals surface area contributed by atoms with E-state index in [2.05, 4.69) is 0 Å². The SMILES string of the molecule is COc1ccccc1C1COc2cccc(O)c2C1=O. The lowest BCUT2D eigenvalue weighted by molar-refractivity contribution is 0.0890. The molecule has 102 valence electrons. The van der Waals surface area contributed by atoms with Crippen molar-refractivity contribution in [3.05, 3.63) is 53.6 Å². The molecule has 1 N–H and O–H groups in total. The third kappa shape index (κ3) is 1.90. The molecule has 0 amide bonds. The molecule has 0 aromatic heterocycles. The smallest absolute Gasteiger partial charge is 0.181 e. The minimum Gasteiger partial charge on any atom is -0.507 e. The van der Waals surface area contributed by atoms with Crippen LogP contribution in [0.25, 0.3) is 0 Å². The van der Waals surface area contributed by atoms with Crippen molar-refractivity contribution in [2.45, 2.75) is 5.92 Å². The number of hydrogen-bond donors (Lipinski definition) is 1. The number of phenols is 1. The summed E-state index contributed by atoms with van der Waals surface area (Å²) >= 11 is 0. The van der Waals surface area contributed by atoms with E-state index in [0.29, 0.717) is 11.5 Å². The number of phenolic OH excluding ortho intramolecular Hbond substituents is 1. The van der Waals surface area contributed by atoms with Crippen LogP contribution in [-0.4, -0.2) is 24.6 Å². The van der Waals surface area contributed by atoms with Crippen molar-refractivity contribution in [1.29, 1.82) is 0 Å². The second-order valence-corrected chi connectivity index (χ2v) is 4.62. The molecule has 20 heavy (non-hydrogen) atoms. The lowest BCUT2D eigenvalue weighted by Gasteiger charge is -2.25. The summed E-state index contributed by atoms with van der Waals surface area (Å²) in [6.45, 7) is 0.246. The van der Waals surface area contributed by atoms with Crippen molar-refractivity contribution in [2.24, 2.45) is 0 Å². The van der Waals surface area contributed by atoms with Crippen LogP contribution in [0.15, 0.2) is 42.5 Å². The molecule has 0 bridgehead atoms. The van der Waals surface area contributed by atoms with Gasteiger partial charge in [-0.05, 0) is 18.2 Å². The molecule has 1 aliphatic rings. The predicted molar refractivity (Wildman–Crippen MR) is 73.7 cm³/mol. The summed E-state index contributed by atoms with van der Waals surface area (Å²) in [5, 5.41) is 9.89. The molecular weight excluding hydrogens is 256 g/mol. The highest BCUT2D eigenvalue weighted by Crippen LogP contribution is 2.39. The Kier molecular flexibility index (Phi) is 3.06. The number of aromatic hydroxyl groups is 1. The maximum absolute atomic E-state index is 12.6. The molecule has 0 aliphatic carbocycles. The number of benzene rings is 2. The molecule has 2 aromatic rings. The van der Waals surface area contributed by atoms with E-state index in [4.69, 9.17) is 9.47 Å². The number of methoxy groups -OCH3 is 1. The average Bonchev–Trinajstić information content (AvgIpc) is 2.48. The molecule has 0 saturated carbocycles. The Labute approximate surface area is 116 Å². The maximum Gasteiger partial charge on any atom is 0.181 e. The Balaban J connectivity index is 2.06. The van der Waals surface area contributed by atoms with Crippen molar-refractivity contribution >= 4 is 5.78 Å². The highest BCUT2D eigenvalue weighted by atomic mass is 16.5. The van der Waals surface area contributed by atoms with Crippen LogP contribution in [0.4, 0.5) is 0 Å². The molecule has 1 atom stereocenters. The fraction of sp³-hybridized carbons (Fsp3) is 0.188. The quantitative estimate of drug-likeness (QED) is 0.911. The van der Waals surface area contributed by atoms with Crippen molar-refractivity contribution in [2.75, 3.05) is 13.7 Å². The summed E-state index contributed by atoms with van der Waals surface area (Å²) < 4.78 is 10.9. The second-order valence-electron chi connectivity index (χ2n) is 4.62. The fourth-order valence-electron chi connectivity index (χ4n) is 2.50. The summed E-state index contributed by atoms with van der Waals surface area (Å²) in [4.78, 5) is 12.6. The van der Waals surface area contributed by atoms with Crippen LogP contribution in [0.5, 0.6) is 17.2 Å². The van der Waals surface area contributed by atoms with E-state index in [9.17, 15) is 9.90 Å². The van der Waals surface area contributed by atoms with E-state index >= 15 is 0 Å². The predicted octanol–water partition coefficient (Wildman–Crippen LogP) is 2.76. The van der Waals surface area contributed by atoms with Crippen LogP contribution < -0.4 is 9.47 Å². The first-order valence-electron chi connectivity index (χ1n) is 6.34. The van der Waals surface area contributed by atoms with Crippen molar-refractivity contribution in [1.82, 2.24) is 0 Å². The summed E-state index contributed by atoms with van der Waals surface area (Å²) in [5.74, 6) is 0.419. The Morgan fingerprint density at radius 2 is 2.00 bits per heavy atom. The zero-order valence-corrected chi connectivity index (χ0v) is 11.0. The molecule has 1 unspecified atom stereocenters. The van der Waals surface area contributed by atoms with E-state index in [1.54, 1.807) is 19.2 Å². The summed E-state index contributed by atoms with van der Waals surface area (Å²) in [6, 6.07) is 12.2. The summed E-state index contributed by atoms with van der Waals surface area (Å²) in [6.07, 6.45) is 0. The highest BCUT2D eigenvalue weighted by Gasteiger charge is 2.33. The molecule has 0 radical (unpaired) electrons. The van der Waals surface area contributed by atoms with Gasteiger partial charge in [-0.3, -0.25) is 4.79 Å². The first-order chi connectivity index (χ1) is 9.72. The number of ether oxygens (including phenoxy) is 2. The normalized spacial score (nSPS) is 17.2. The van der Waals surface area contributed by atoms with Crippen LogP contribution in [0.1, 0.15) is 21.8 Å². The van der Waals surface area contributed by atoms with Gasteiger partial charge >= 0.3 is 0 Å². The Morgan fingerprint density at radius 3 is 2.80 bits per heavy atom. The third-order valence-corrected chi connectivity index (χ3v) is 3.49. The van der Waals surface area contributed by atoms with E-state index in [1.165, 1.54) is 6.07 Å². The molecule has 2 aromatic carbocycles. The maximum atomic E-state index is 12.6. The van der Waals surface area contributed by atoms with E-state index < -0.39 is 5.92 Å². The van der Waals surface area contributed by atoms with Gasteiger partial charge in [0.15, 0.2) is 5.78 Å². The number of para-hydroxylation sites is 1. The number of fused-ring (bicyclic) bond motifs is 1. The van der Waals surface area contributed by atoms with Crippen LogP contribution >= 0.6 is 0 Å². The number of carbonyl (C=O) groups is 1. The Bertz CT molecular complexity index is 663. The zero-order valence-electron chi connectivity index (χ0n) is 11.0. The topological polar surface area (TPSA) is 55.8 Å². The minimum atomic E-state index is -0.466. The number of hydrogen-bond acceptors (Lipinski definition) is 4. The summed E-state index contributed by atoms with van der Waals surface area (Å²) in [5.41, 5.74) is 1.02. The van der Waals surface area contributed by atoms with Gasteiger partial charge in [-0.1, -0.05) is 24.3 Å². The molecule has 4 nitrogen and oxygen atoms in total.